The number of hydroxylamine groups is 2. The fraction of sp³-hybridized carbons (Fsp3) is 0.800. The largest absolute Gasteiger partial charge is 0.443 e. The lowest BCUT2D eigenvalue weighted by Gasteiger charge is -2.27. The average Bonchev–Trinajstić information content (AvgIpc) is 2.22. The molecule has 0 saturated heterocycles. The van der Waals surface area contributed by atoms with E-state index in [1.807, 2.05) is 0 Å². The van der Waals surface area contributed by atoms with Crippen LogP contribution < -0.4 is 0 Å². The van der Waals surface area contributed by atoms with Crippen molar-refractivity contribution in [1.82, 2.24) is 9.48 Å². The van der Waals surface area contributed by atoms with Crippen LogP contribution in [0.3, 0.4) is 0 Å². The number of hydrogen-bond acceptors (Lipinski definition) is 4. The third-order valence-electron chi connectivity index (χ3n) is 1.85. The first-order chi connectivity index (χ1) is 7.60. The molecule has 0 fully saturated rings. The monoisotopic (exact) mass is 266 g/mol. The van der Waals surface area contributed by atoms with Gasteiger partial charge >= 0.3 is 6.09 Å². The van der Waals surface area contributed by atoms with Crippen molar-refractivity contribution in [1.29, 1.82) is 0 Å². The van der Waals surface area contributed by atoms with Crippen LogP contribution in [0.1, 0.15) is 27.7 Å². The summed E-state index contributed by atoms with van der Waals surface area (Å²) in [6, 6.07) is -0.878. The van der Waals surface area contributed by atoms with E-state index in [4.69, 9.17) is 21.4 Å². The van der Waals surface area contributed by atoms with E-state index in [0.717, 1.165) is 5.06 Å². The van der Waals surface area contributed by atoms with E-state index in [2.05, 4.69) is 0 Å². The standard InChI is InChI=1S/C10H19ClN2O4/c1-7(8(14)12(5)16-6)13(11)9(15)17-10(2,3)4/h7H,1-6H3/t7-/m0/s1. The van der Waals surface area contributed by atoms with E-state index >= 15 is 0 Å². The lowest BCUT2D eigenvalue weighted by atomic mass is 10.2. The number of ether oxygens (including phenoxy) is 1. The van der Waals surface area contributed by atoms with Crippen LogP contribution in [-0.4, -0.2) is 47.3 Å². The first kappa shape index (κ1) is 16.0. The molecule has 0 aliphatic rings. The van der Waals surface area contributed by atoms with Crippen molar-refractivity contribution in [2.24, 2.45) is 0 Å². The molecule has 0 saturated carbocycles. The second kappa shape index (κ2) is 6.07. The topological polar surface area (TPSA) is 59.1 Å². The van der Waals surface area contributed by atoms with Crippen LogP contribution >= 0.6 is 11.8 Å². The Kier molecular flexibility index (Phi) is 5.71. The van der Waals surface area contributed by atoms with Gasteiger partial charge in [0, 0.05) is 18.8 Å². The molecule has 0 bridgehead atoms. The van der Waals surface area contributed by atoms with E-state index in [1.54, 1.807) is 20.8 Å². The van der Waals surface area contributed by atoms with Gasteiger partial charge in [-0.15, -0.1) is 0 Å². The molecule has 0 rings (SSSR count). The summed E-state index contributed by atoms with van der Waals surface area (Å²) in [5, 5.41) is 0.990. The van der Waals surface area contributed by atoms with Gasteiger partial charge in [-0.1, -0.05) is 0 Å². The molecule has 2 amide bonds. The molecular formula is C10H19ClN2O4. The second-order valence-electron chi connectivity index (χ2n) is 4.49. The Hall–Kier alpha value is -1.01. The number of rotatable bonds is 3. The van der Waals surface area contributed by atoms with Gasteiger partial charge in [-0.2, -0.15) is 0 Å². The van der Waals surface area contributed by atoms with Crippen LogP contribution in [0, 0.1) is 0 Å². The maximum atomic E-state index is 11.7. The molecule has 0 aromatic carbocycles. The van der Waals surface area contributed by atoms with E-state index < -0.39 is 23.6 Å². The van der Waals surface area contributed by atoms with Crippen LogP contribution in [0.5, 0.6) is 0 Å². The van der Waals surface area contributed by atoms with Gasteiger partial charge in [-0.05, 0) is 27.7 Å². The average molecular weight is 267 g/mol. The smallest absolute Gasteiger partial charge is 0.425 e. The zero-order valence-electron chi connectivity index (χ0n) is 11.0. The van der Waals surface area contributed by atoms with Gasteiger partial charge in [0.2, 0.25) is 0 Å². The quantitative estimate of drug-likeness (QED) is 0.577. The van der Waals surface area contributed by atoms with E-state index in [0.29, 0.717) is 4.42 Å². The summed E-state index contributed by atoms with van der Waals surface area (Å²) < 4.78 is 5.74. The molecule has 100 valence electrons. The molecule has 0 aliphatic heterocycles. The fourth-order valence-corrected chi connectivity index (χ4v) is 1.03. The molecule has 0 radical (unpaired) electrons. The molecule has 0 aliphatic carbocycles. The maximum Gasteiger partial charge on any atom is 0.425 e. The summed E-state index contributed by atoms with van der Waals surface area (Å²) in [6.45, 7) is 6.62. The number of nitrogens with zero attached hydrogens (tertiary/aromatic N) is 2. The first-order valence-corrected chi connectivity index (χ1v) is 5.43. The molecule has 0 spiro atoms. The van der Waals surface area contributed by atoms with Crippen LogP contribution in [0.2, 0.25) is 0 Å². The Balaban J connectivity index is 4.55. The van der Waals surface area contributed by atoms with Gasteiger partial charge in [-0.3, -0.25) is 9.63 Å². The minimum Gasteiger partial charge on any atom is -0.443 e. The van der Waals surface area contributed by atoms with Crippen molar-refractivity contribution < 1.29 is 19.2 Å². The number of carbonyl (C=O) groups excluding carboxylic acids is 2. The minimum atomic E-state index is -0.878. The highest BCUT2D eigenvalue weighted by Gasteiger charge is 2.30. The molecule has 6 nitrogen and oxygen atoms in total. The second-order valence-corrected chi connectivity index (χ2v) is 4.85. The normalized spacial score (nSPS) is 12.9. The van der Waals surface area contributed by atoms with Crippen molar-refractivity contribution >= 4 is 23.8 Å². The first-order valence-electron chi connectivity index (χ1n) is 5.10. The van der Waals surface area contributed by atoms with E-state index in [1.165, 1.54) is 21.1 Å². The molecular weight excluding hydrogens is 248 g/mol. The van der Waals surface area contributed by atoms with Crippen molar-refractivity contribution in [3.63, 3.8) is 0 Å². The summed E-state index contributed by atoms with van der Waals surface area (Å²) in [4.78, 5) is 27.9. The highest BCUT2D eigenvalue weighted by molar-refractivity contribution is 6.21. The number of carbonyl (C=O) groups is 2. The van der Waals surface area contributed by atoms with Crippen molar-refractivity contribution in [3.05, 3.63) is 0 Å². The van der Waals surface area contributed by atoms with Gasteiger partial charge in [0.1, 0.15) is 11.6 Å². The Morgan fingerprint density at radius 3 is 2.12 bits per heavy atom. The van der Waals surface area contributed by atoms with Gasteiger partial charge in [-0.25, -0.2) is 14.3 Å². The molecule has 0 aromatic heterocycles. The summed E-state index contributed by atoms with van der Waals surface area (Å²) in [5.41, 5.74) is -0.667. The summed E-state index contributed by atoms with van der Waals surface area (Å²) >= 11 is 5.74. The minimum absolute atomic E-state index is 0.451. The van der Waals surface area contributed by atoms with Gasteiger partial charge in [0.05, 0.1) is 7.11 Å². The predicted octanol–water partition coefficient (Wildman–Crippen LogP) is 1.79. The SMILES string of the molecule is CON(C)C(=O)[C@H](C)N(Cl)C(=O)OC(C)(C)C. The van der Waals surface area contributed by atoms with Gasteiger partial charge in [0.25, 0.3) is 5.91 Å². The molecule has 0 aromatic rings. The zero-order chi connectivity index (χ0) is 13.8. The van der Waals surface area contributed by atoms with Crippen LogP contribution in [0.15, 0.2) is 0 Å². The van der Waals surface area contributed by atoms with Crippen LogP contribution in [0.25, 0.3) is 0 Å². The number of likely N-dealkylation sites (N-methyl/N-ethyl adjacent to an activating group) is 1. The third kappa shape index (κ3) is 5.23. The number of hydrogen-bond donors (Lipinski definition) is 0. The molecule has 0 heterocycles. The van der Waals surface area contributed by atoms with Crippen molar-refractivity contribution in [3.8, 4) is 0 Å². The molecule has 7 heteroatoms. The van der Waals surface area contributed by atoms with Gasteiger partial charge in [0.15, 0.2) is 0 Å². The molecule has 17 heavy (non-hydrogen) atoms. The van der Waals surface area contributed by atoms with Crippen LogP contribution in [-0.2, 0) is 14.4 Å². The summed E-state index contributed by atoms with van der Waals surface area (Å²) in [7, 11) is 2.77. The summed E-state index contributed by atoms with van der Waals surface area (Å²) in [5.74, 6) is -0.451. The molecule has 0 unspecified atom stereocenters. The predicted molar refractivity (Wildman–Crippen MR) is 63.2 cm³/mol. The van der Waals surface area contributed by atoms with Gasteiger partial charge < -0.3 is 4.74 Å². The Labute approximate surface area is 106 Å². The highest BCUT2D eigenvalue weighted by Crippen LogP contribution is 2.14. The zero-order valence-corrected chi connectivity index (χ0v) is 11.7. The van der Waals surface area contributed by atoms with Crippen molar-refractivity contribution in [2.45, 2.75) is 39.3 Å². The van der Waals surface area contributed by atoms with Crippen molar-refractivity contribution in [2.75, 3.05) is 14.2 Å². The Morgan fingerprint density at radius 1 is 1.29 bits per heavy atom. The lowest BCUT2D eigenvalue weighted by Crippen LogP contribution is -2.45. The Morgan fingerprint density at radius 2 is 1.76 bits per heavy atom. The Bertz CT molecular complexity index is 291. The van der Waals surface area contributed by atoms with Crippen LogP contribution in [0.4, 0.5) is 4.79 Å². The summed E-state index contributed by atoms with van der Waals surface area (Å²) in [6.07, 6.45) is -0.774. The highest BCUT2D eigenvalue weighted by atomic mass is 35.5. The maximum absolute atomic E-state index is 11.7. The third-order valence-corrected chi connectivity index (χ3v) is 2.28. The number of halogens is 1. The number of amides is 2. The van der Waals surface area contributed by atoms with E-state index in [9.17, 15) is 9.59 Å². The molecule has 0 N–H and O–H groups in total. The van der Waals surface area contributed by atoms with E-state index in [-0.39, 0.29) is 0 Å². The lowest BCUT2D eigenvalue weighted by molar-refractivity contribution is -0.172. The molecule has 1 atom stereocenters. The fourth-order valence-electron chi connectivity index (χ4n) is 0.914.